The topological polar surface area (TPSA) is 233 Å². The predicted octanol–water partition coefficient (Wildman–Crippen LogP) is 0.324. The zero-order valence-corrected chi connectivity index (χ0v) is 16.6. The summed E-state index contributed by atoms with van der Waals surface area (Å²) >= 11 is 0. The number of primary amides is 1. The van der Waals surface area contributed by atoms with E-state index in [4.69, 9.17) is 23.3 Å². The van der Waals surface area contributed by atoms with Gasteiger partial charge in [0.15, 0.2) is 23.1 Å². The summed E-state index contributed by atoms with van der Waals surface area (Å²) in [6.45, 7) is 0. The molecule has 2 unspecified atom stereocenters. The lowest BCUT2D eigenvalue weighted by molar-refractivity contribution is -0.122. The van der Waals surface area contributed by atoms with E-state index in [1.165, 1.54) is 12.1 Å². The Morgan fingerprint density at radius 1 is 0.938 bits per heavy atom. The van der Waals surface area contributed by atoms with Crippen molar-refractivity contribution in [3.05, 3.63) is 81.0 Å². The van der Waals surface area contributed by atoms with Crippen molar-refractivity contribution in [2.45, 2.75) is 6.10 Å². The Morgan fingerprint density at radius 3 is 2.06 bits per heavy atom. The fourth-order valence-corrected chi connectivity index (χ4v) is 3.70. The number of benzene rings is 1. The molecule has 1 aromatic carbocycles. The average Bonchev–Trinajstić information content (AvgIpc) is 2.68. The number of aliphatic hydroxyl groups excluding tert-OH is 4. The third-order valence-corrected chi connectivity index (χ3v) is 4.95. The molecule has 0 bridgehead atoms. The molecule has 2 atom stereocenters. The molecule has 0 saturated heterocycles. The summed E-state index contributed by atoms with van der Waals surface area (Å²) in [5.74, 6) is -6.81. The van der Waals surface area contributed by atoms with E-state index >= 15 is 0 Å². The molecule has 1 amide bonds. The molecule has 13 heteroatoms. The van der Waals surface area contributed by atoms with Crippen LogP contribution in [0.1, 0.15) is 22.0 Å². The van der Waals surface area contributed by atoms with Gasteiger partial charge in [-0.15, -0.1) is 0 Å². The molecule has 0 saturated carbocycles. The molecule has 0 aromatic heterocycles. The fourth-order valence-electron chi connectivity index (χ4n) is 3.70. The van der Waals surface area contributed by atoms with Gasteiger partial charge in [-0.1, -0.05) is 30.3 Å². The van der Waals surface area contributed by atoms with Crippen LogP contribution < -0.4 is 5.73 Å². The normalized spacial score (nSPS) is 22.4. The van der Waals surface area contributed by atoms with Gasteiger partial charge in [-0.25, -0.2) is 0 Å². The van der Waals surface area contributed by atoms with E-state index < -0.39 is 68.3 Å². The first-order chi connectivity index (χ1) is 14.8. The van der Waals surface area contributed by atoms with Crippen molar-refractivity contribution >= 4 is 27.9 Å². The number of allylic oxidation sites excluding steroid dienone is 2. The Kier molecular flexibility index (Phi) is 5.53. The van der Waals surface area contributed by atoms with Gasteiger partial charge in [-0.2, -0.15) is 8.42 Å². The van der Waals surface area contributed by atoms with Crippen LogP contribution in [0.25, 0.3) is 0 Å². The molecule has 3 aliphatic carbocycles. The monoisotopic (exact) mass is 465 g/mol. The second kappa shape index (κ2) is 7.72. The molecule has 32 heavy (non-hydrogen) atoms. The summed E-state index contributed by atoms with van der Waals surface area (Å²) in [4.78, 5) is 36.9. The molecule has 168 valence electrons. The minimum Gasteiger partial charge on any atom is -0.507 e. The second-order valence-corrected chi connectivity index (χ2v) is 7.70. The SMILES string of the molecule is NC(=O)C1=C(O)C(O)=C2C(O)=C3C(=CC2C1=O)C(=O)c1ccccc1C3O.O=S(=O)(O)O. The molecule has 0 aliphatic heterocycles. The van der Waals surface area contributed by atoms with Crippen LogP contribution in [0.4, 0.5) is 0 Å². The lowest BCUT2D eigenvalue weighted by Crippen LogP contribution is -2.36. The quantitative estimate of drug-likeness (QED) is 0.220. The van der Waals surface area contributed by atoms with E-state index in [9.17, 15) is 34.8 Å². The zero-order chi connectivity index (χ0) is 24.1. The van der Waals surface area contributed by atoms with Crippen molar-refractivity contribution < 1.29 is 52.3 Å². The maximum Gasteiger partial charge on any atom is 0.394 e. The van der Waals surface area contributed by atoms with Crippen LogP contribution in [-0.2, 0) is 20.0 Å². The zero-order valence-electron chi connectivity index (χ0n) is 15.8. The number of carbonyl (C=O) groups excluding carboxylic acids is 3. The first-order valence-electron chi connectivity index (χ1n) is 8.63. The maximum atomic E-state index is 12.8. The van der Waals surface area contributed by atoms with Crippen LogP contribution in [0.2, 0.25) is 0 Å². The number of amides is 1. The van der Waals surface area contributed by atoms with Crippen molar-refractivity contribution in [2.75, 3.05) is 0 Å². The summed E-state index contributed by atoms with van der Waals surface area (Å²) in [5, 5.41) is 41.5. The molecule has 12 nitrogen and oxygen atoms in total. The highest BCUT2D eigenvalue weighted by molar-refractivity contribution is 7.79. The van der Waals surface area contributed by atoms with Gasteiger partial charge >= 0.3 is 10.4 Å². The number of Topliss-reactive ketones (excluding diaryl/α,β-unsaturated/α-hetero) is 2. The molecule has 4 rings (SSSR count). The Labute approximate surface area is 179 Å². The van der Waals surface area contributed by atoms with E-state index in [0.717, 1.165) is 6.08 Å². The maximum absolute atomic E-state index is 12.8. The molecule has 3 aliphatic rings. The molecule has 0 heterocycles. The minimum atomic E-state index is -4.67. The smallest absolute Gasteiger partial charge is 0.394 e. The number of ketones is 2. The number of rotatable bonds is 1. The molecule has 0 radical (unpaired) electrons. The van der Waals surface area contributed by atoms with Gasteiger partial charge in [0.25, 0.3) is 5.91 Å². The van der Waals surface area contributed by atoms with Crippen molar-refractivity contribution in [2.24, 2.45) is 11.7 Å². The van der Waals surface area contributed by atoms with E-state index in [2.05, 4.69) is 0 Å². The van der Waals surface area contributed by atoms with Gasteiger partial charge < -0.3 is 26.2 Å². The summed E-state index contributed by atoms with van der Waals surface area (Å²) in [6, 6.07) is 6.24. The van der Waals surface area contributed by atoms with Crippen LogP contribution in [0.5, 0.6) is 0 Å². The molecule has 8 N–H and O–H groups in total. The Balaban J connectivity index is 0.000000523. The largest absolute Gasteiger partial charge is 0.507 e. The highest BCUT2D eigenvalue weighted by Gasteiger charge is 2.46. The summed E-state index contributed by atoms with van der Waals surface area (Å²) in [7, 11) is -4.67. The number of carbonyl (C=O) groups is 3. The summed E-state index contributed by atoms with van der Waals surface area (Å²) in [5.41, 5.74) is 4.06. The van der Waals surface area contributed by atoms with Crippen molar-refractivity contribution in [3.8, 4) is 0 Å². The van der Waals surface area contributed by atoms with Crippen LogP contribution >= 0.6 is 0 Å². The Morgan fingerprint density at radius 2 is 1.50 bits per heavy atom. The third kappa shape index (κ3) is 3.69. The lowest BCUT2D eigenvalue weighted by atomic mass is 9.70. The van der Waals surface area contributed by atoms with E-state index in [0.29, 0.717) is 0 Å². The van der Waals surface area contributed by atoms with E-state index in [1.807, 2.05) is 0 Å². The Hall–Kier alpha value is -3.78. The molecule has 0 spiro atoms. The van der Waals surface area contributed by atoms with Gasteiger partial charge in [-0.3, -0.25) is 23.5 Å². The Bertz CT molecular complexity index is 1310. The van der Waals surface area contributed by atoms with Crippen LogP contribution in [0.3, 0.4) is 0 Å². The fraction of sp³-hybridized carbons (Fsp3) is 0.105. The standard InChI is InChI=1S/C19H13NO7.H2O4S/c20-19(27)12-15(23)9-5-8-10(16(24)11(9)17(25)18(12)26)14(22)7-4-2-1-3-6(7)13(8)21;1-5(2,3)4/h1-5,9,14,22,24-26H,(H2,20,27);(H2,1,2,3,4). The number of hydrogen-bond donors (Lipinski definition) is 7. The van der Waals surface area contributed by atoms with Crippen LogP contribution in [0, 0.1) is 5.92 Å². The number of fused-ring (bicyclic) bond motifs is 3. The first kappa shape index (κ1) is 22.9. The number of hydrogen-bond acceptors (Lipinski definition) is 9. The van der Waals surface area contributed by atoms with Gasteiger partial charge in [0.2, 0.25) is 0 Å². The van der Waals surface area contributed by atoms with Gasteiger partial charge in [-0.05, 0) is 5.56 Å². The lowest BCUT2D eigenvalue weighted by Gasteiger charge is -2.34. The van der Waals surface area contributed by atoms with Crippen LogP contribution in [0.15, 0.2) is 69.9 Å². The van der Waals surface area contributed by atoms with Gasteiger partial charge in [0.1, 0.15) is 17.4 Å². The minimum absolute atomic E-state index is 0.112. The van der Waals surface area contributed by atoms with Crippen molar-refractivity contribution in [3.63, 3.8) is 0 Å². The first-order valence-corrected chi connectivity index (χ1v) is 10.0. The van der Waals surface area contributed by atoms with Gasteiger partial charge in [0, 0.05) is 16.7 Å². The van der Waals surface area contributed by atoms with Crippen molar-refractivity contribution in [1.29, 1.82) is 0 Å². The summed E-state index contributed by atoms with van der Waals surface area (Å²) < 4.78 is 31.6. The van der Waals surface area contributed by atoms with Crippen LogP contribution in [-0.4, -0.2) is 55.4 Å². The second-order valence-electron chi connectivity index (χ2n) is 6.80. The highest BCUT2D eigenvalue weighted by atomic mass is 32.3. The predicted molar refractivity (Wildman–Crippen MR) is 105 cm³/mol. The molecule has 1 aromatic rings. The van der Waals surface area contributed by atoms with Crippen molar-refractivity contribution in [1.82, 2.24) is 0 Å². The number of nitrogens with two attached hydrogens (primary N) is 1. The third-order valence-electron chi connectivity index (χ3n) is 4.95. The van der Waals surface area contributed by atoms with Gasteiger partial charge in [0.05, 0.1) is 11.5 Å². The average molecular weight is 465 g/mol. The molecular weight excluding hydrogens is 450 g/mol. The number of aliphatic hydroxyl groups is 4. The van der Waals surface area contributed by atoms with E-state index in [1.54, 1.807) is 12.1 Å². The molecular formula is C19H15NO11S. The highest BCUT2D eigenvalue weighted by Crippen LogP contribution is 2.47. The summed E-state index contributed by atoms with van der Waals surface area (Å²) in [6.07, 6.45) is -0.232. The molecule has 0 fully saturated rings. The van der Waals surface area contributed by atoms with E-state index in [-0.39, 0.29) is 22.3 Å².